The van der Waals surface area contributed by atoms with Crippen LogP contribution in [-0.4, -0.2) is 4.98 Å². The third-order valence-corrected chi connectivity index (χ3v) is 4.17. The maximum absolute atomic E-state index is 4.54. The number of hydrogen-bond acceptors (Lipinski definition) is 3. The zero-order chi connectivity index (χ0) is 11.5. The molecule has 0 aromatic carbocycles. The minimum atomic E-state index is 0.432. The topological polar surface area (TPSA) is 24.9 Å². The number of hydrogen-bond donors (Lipinski definition) is 1. The molecule has 0 bridgehead atoms. The summed E-state index contributed by atoms with van der Waals surface area (Å²) in [5.74, 6) is 0. The van der Waals surface area contributed by atoms with Gasteiger partial charge in [0.2, 0.25) is 0 Å². The summed E-state index contributed by atoms with van der Waals surface area (Å²) in [6, 6.07) is 8.97. The second-order valence-corrected chi connectivity index (χ2v) is 5.49. The van der Waals surface area contributed by atoms with Gasteiger partial charge in [-0.3, -0.25) is 4.98 Å². The van der Waals surface area contributed by atoms with Crippen molar-refractivity contribution in [1.29, 1.82) is 0 Å². The van der Waals surface area contributed by atoms with Crippen LogP contribution in [0.25, 0.3) is 0 Å². The molecule has 3 heteroatoms. The Labute approximate surface area is 106 Å². The van der Waals surface area contributed by atoms with Crippen molar-refractivity contribution in [3.05, 3.63) is 52.0 Å². The number of nitrogens with one attached hydrogen (secondary N) is 1. The first kappa shape index (κ1) is 10.9. The highest BCUT2D eigenvalue weighted by atomic mass is 32.1. The summed E-state index contributed by atoms with van der Waals surface area (Å²) >= 11 is 1.81. The van der Waals surface area contributed by atoms with Crippen molar-refractivity contribution in [3.8, 4) is 0 Å². The average Bonchev–Trinajstić information content (AvgIpc) is 2.89. The molecule has 0 spiro atoms. The molecule has 0 fully saturated rings. The summed E-state index contributed by atoms with van der Waals surface area (Å²) in [6.07, 6.45) is 5.56. The van der Waals surface area contributed by atoms with Gasteiger partial charge in [-0.2, -0.15) is 0 Å². The quantitative estimate of drug-likeness (QED) is 0.896. The van der Waals surface area contributed by atoms with Gasteiger partial charge in [0, 0.05) is 17.6 Å². The van der Waals surface area contributed by atoms with E-state index in [1.165, 1.54) is 35.4 Å². The Hall–Kier alpha value is -1.19. The van der Waals surface area contributed by atoms with Gasteiger partial charge in [-0.05, 0) is 42.3 Å². The van der Waals surface area contributed by atoms with Crippen molar-refractivity contribution < 1.29 is 0 Å². The van der Waals surface area contributed by atoms with Crippen molar-refractivity contribution in [2.45, 2.75) is 31.8 Å². The summed E-state index contributed by atoms with van der Waals surface area (Å²) in [6.45, 7) is 0.957. The fourth-order valence-electron chi connectivity index (χ4n) is 2.45. The summed E-state index contributed by atoms with van der Waals surface area (Å²) in [5.41, 5.74) is 2.68. The second-order valence-electron chi connectivity index (χ2n) is 4.45. The van der Waals surface area contributed by atoms with E-state index in [0.717, 1.165) is 6.54 Å². The molecule has 88 valence electrons. The highest BCUT2D eigenvalue weighted by molar-refractivity contribution is 7.09. The zero-order valence-electron chi connectivity index (χ0n) is 9.73. The molecular weight excluding hydrogens is 228 g/mol. The van der Waals surface area contributed by atoms with Crippen LogP contribution in [0.4, 0.5) is 0 Å². The molecule has 0 radical (unpaired) electrons. The Morgan fingerprint density at radius 3 is 3.24 bits per heavy atom. The van der Waals surface area contributed by atoms with Crippen LogP contribution < -0.4 is 5.32 Å². The molecule has 2 aromatic heterocycles. The number of aryl methyl sites for hydroxylation is 1. The van der Waals surface area contributed by atoms with Crippen LogP contribution in [0.1, 0.15) is 35.0 Å². The van der Waals surface area contributed by atoms with Crippen LogP contribution >= 0.6 is 11.3 Å². The van der Waals surface area contributed by atoms with E-state index in [4.69, 9.17) is 0 Å². The molecule has 2 aromatic rings. The molecule has 2 nitrogen and oxygen atoms in total. The summed E-state index contributed by atoms with van der Waals surface area (Å²) in [5, 5.41) is 5.76. The van der Waals surface area contributed by atoms with Gasteiger partial charge in [-0.15, -0.1) is 11.3 Å². The van der Waals surface area contributed by atoms with Crippen molar-refractivity contribution in [2.24, 2.45) is 0 Å². The van der Waals surface area contributed by atoms with Crippen molar-refractivity contribution in [1.82, 2.24) is 10.3 Å². The first-order valence-corrected chi connectivity index (χ1v) is 7.01. The molecule has 1 atom stereocenters. The Morgan fingerprint density at radius 2 is 2.35 bits per heavy atom. The van der Waals surface area contributed by atoms with Gasteiger partial charge in [-0.25, -0.2) is 0 Å². The van der Waals surface area contributed by atoms with Gasteiger partial charge in [0.1, 0.15) is 0 Å². The molecule has 17 heavy (non-hydrogen) atoms. The second kappa shape index (κ2) is 4.98. The van der Waals surface area contributed by atoms with E-state index >= 15 is 0 Å². The standard InChI is InChI=1S/C14H16N2S/c1-4-11-5-2-8-15-14(11)13(7-1)16-10-12-6-3-9-17-12/h2-3,5-6,8-9,13,16H,1,4,7,10H2. The molecular formula is C14H16N2S. The van der Waals surface area contributed by atoms with Gasteiger partial charge in [0.15, 0.2) is 0 Å². The maximum Gasteiger partial charge on any atom is 0.0605 e. The zero-order valence-corrected chi connectivity index (χ0v) is 10.5. The molecule has 3 rings (SSSR count). The minimum Gasteiger partial charge on any atom is -0.304 e. The van der Waals surface area contributed by atoms with Crippen LogP contribution in [0.3, 0.4) is 0 Å². The predicted molar refractivity (Wildman–Crippen MR) is 71.1 cm³/mol. The van der Waals surface area contributed by atoms with Crippen molar-refractivity contribution in [2.75, 3.05) is 0 Å². The van der Waals surface area contributed by atoms with E-state index in [-0.39, 0.29) is 0 Å². The average molecular weight is 244 g/mol. The predicted octanol–water partition coefficient (Wildman–Crippen LogP) is 3.31. The lowest BCUT2D eigenvalue weighted by Crippen LogP contribution is -2.25. The lowest BCUT2D eigenvalue weighted by atomic mass is 9.92. The monoisotopic (exact) mass is 244 g/mol. The molecule has 1 aliphatic rings. The van der Waals surface area contributed by atoms with Gasteiger partial charge < -0.3 is 5.32 Å². The van der Waals surface area contributed by atoms with E-state index in [9.17, 15) is 0 Å². The number of rotatable bonds is 3. The molecule has 1 unspecified atom stereocenters. The van der Waals surface area contributed by atoms with E-state index in [2.05, 4.69) is 33.9 Å². The number of fused-ring (bicyclic) bond motifs is 1. The van der Waals surface area contributed by atoms with Crippen LogP contribution in [0.2, 0.25) is 0 Å². The van der Waals surface area contributed by atoms with E-state index < -0.39 is 0 Å². The molecule has 1 aliphatic carbocycles. The van der Waals surface area contributed by atoms with Crippen LogP contribution in [-0.2, 0) is 13.0 Å². The first-order chi connectivity index (χ1) is 8.43. The highest BCUT2D eigenvalue weighted by Crippen LogP contribution is 2.28. The number of aromatic nitrogens is 1. The summed E-state index contributed by atoms with van der Waals surface area (Å²) in [7, 11) is 0. The Balaban J connectivity index is 1.72. The van der Waals surface area contributed by atoms with Crippen LogP contribution in [0, 0.1) is 0 Å². The normalized spacial score (nSPS) is 18.9. The third-order valence-electron chi connectivity index (χ3n) is 3.30. The number of thiophene rings is 1. The molecule has 0 saturated heterocycles. The van der Waals surface area contributed by atoms with Crippen LogP contribution in [0.15, 0.2) is 35.8 Å². The summed E-state index contributed by atoms with van der Waals surface area (Å²) in [4.78, 5) is 5.94. The molecule has 0 amide bonds. The van der Waals surface area contributed by atoms with E-state index in [0.29, 0.717) is 6.04 Å². The van der Waals surface area contributed by atoms with Crippen molar-refractivity contribution >= 4 is 11.3 Å². The largest absolute Gasteiger partial charge is 0.304 e. The lowest BCUT2D eigenvalue weighted by molar-refractivity contribution is 0.449. The van der Waals surface area contributed by atoms with E-state index in [1.807, 2.05) is 23.6 Å². The fraction of sp³-hybridized carbons (Fsp3) is 0.357. The maximum atomic E-state index is 4.54. The van der Waals surface area contributed by atoms with E-state index in [1.54, 1.807) is 0 Å². The Bertz CT molecular complexity index is 479. The minimum absolute atomic E-state index is 0.432. The first-order valence-electron chi connectivity index (χ1n) is 6.13. The molecule has 0 saturated carbocycles. The molecule has 0 aliphatic heterocycles. The molecule has 1 N–H and O–H groups in total. The van der Waals surface area contributed by atoms with Crippen molar-refractivity contribution in [3.63, 3.8) is 0 Å². The SMILES string of the molecule is c1csc(CNC2CCCc3cccnc32)c1. The Kier molecular flexibility index (Phi) is 3.20. The van der Waals surface area contributed by atoms with Gasteiger partial charge >= 0.3 is 0 Å². The molecule has 2 heterocycles. The number of pyridine rings is 1. The highest BCUT2D eigenvalue weighted by Gasteiger charge is 2.20. The van der Waals surface area contributed by atoms with Gasteiger partial charge in [0.05, 0.1) is 11.7 Å². The third kappa shape index (κ3) is 2.40. The smallest absolute Gasteiger partial charge is 0.0605 e. The Morgan fingerprint density at radius 1 is 1.35 bits per heavy atom. The lowest BCUT2D eigenvalue weighted by Gasteiger charge is -2.25. The van der Waals surface area contributed by atoms with Crippen LogP contribution in [0.5, 0.6) is 0 Å². The van der Waals surface area contributed by atoms with Gasteiger partial charge in [-0.1, -0.05) is 12.1 Å². The number of nitrogens with zero attached hydrogens (tertiary/aromatic N) is 1. The van der Waals surface area contributed by atoms with Gasteiger partial charge in [0.25, 0.3) is 0 Å². The fourth-order valence-corrected chi connectivity index (χ4v) is 3.10. The summed E-state index contributed by atoms with van der Waals surface area (Å²) < 4.78 is 0.